The lowest BCUT2D eigenvalue weighted by atomic mass is 9.70. The van der Waals surface area contributed by atoms with Gasteiger partial charge in [-0.05, 0) is 64.5 Å². The summed E-state index contributed by atoms with van der Waals surface area (Å²) in [5.74, 6) is -4.37. The normalized spacial score (nSPS) is 26.2. The van der Waals surface area contributed by atoms with E-state index < -0.39 is 11.9 Å². The Balaban J connectivity index is 0.000000111. The second kappa shape index (κ2) is 6.10. The molecule has 0 unspecified atom stereocenters. The van der Waals surface area contributed by atoms with Crippen LogP contribution in [0.5, 0.6) is 0 Å². The lowest BCUT2D eigenvalue weighted by Gasteiger charge is -2.50. The monoisotopic (exact) mass is 282 g/mol. The molecular formula is C14H22N2O4-2. The van der Waals surface area contributed by atoms with Crippen molar-refractivity contribution in [2.24, 2.45) is 0 Å². The SMILES string of the molecule is C1CC2(C1)CCN2.C1CC2(C1)CCN2.O=C([O-])C(=O)[O-]. The van der Waals surface area contributed by atoms with Gasteiger partial charge in [0.2, 0.25) is 0 Å². The Labute approximate surface area is 118 Å². The molecule has 2 aliphatic heterocycles. The van der Waals surface area contributed by atoms with E-state index in [-0.39, 0.29) is 0 Å². The summed E-state index contributed by atoms with van der Waals surface area (Å²) < 4.78 is 0. The number of hydrogen-bond acceptors (Lipinski definition) is 6. The Morgan fingerprint density at radius 2 is 1.00 bits per heavy atom. The van der Waals surface area contributed by atoms with E-state index in [1.54, 1.807) is 0 Å². The van der Waals surface area contributed by atoms with Crippen molar-refractivity contribution in [2.45, 2.75) is 62.4 Å². The van der Waals surface area contributed by atoms with E-state index >= 15 is 0 Å². The van der Waals surface area contributed by atoms with Crippen molar-refractivity contribution in [2.75, 3.05) is 13.1 Å². The topological polar surface area (TPSA) is 104 Å². The molecule has 2 N–H and O–H groups in total. The fraction of sp³-hybridized carbons (Fsp3) is 0.857. The van der Waals surface area contributed by atoms with E-state index in [1.807, 2.05) is 0 Å². The summed E-state index contributed by atoms with van der Waals surface area (Å²) in [5.41, 5.74) is 1.39. The zero-order valence-electron chi connectivity index (χ0n) is 11.7. The molecule has 2 spiro atoms. The smallest absolute Gasteiger partial charge is 0.0870 e. The summed E-state index contributed by atoms with van der Waals surface area (Å²) in [4.78, 5) is 17.9. The molecule has 4 aliphatic rings. The molecule has 0 atom stereocenters. The maximum atomic E-state index is 8.93. The molecule has 2 saturated heterocycles. The van der Waals surface area contributed by atoms with E-state index in [2.05, 4.69) is 10.6 Å². The van der Waals surface area contributed by atoms with Crippen LogP contribution in [0.4, 0.5) is 0 Å². The summed E-state index contributed by atoms with van der Waals surface area (Å²) in [5, 5.41) is 24.8. The lowest BCUT2D eigenvalue weighted by molar-refractivity contribution is -0.345. The Kier molecular flexibility index (Phi) is 4.65. The molecule has 4 fully saturated rings. The molecule has 2 heterocycles. The molecule has 114 valence electrons. The molecular weight excluding hydrogens is 260 g/mol. The number of hydrogen-bond donors (Lipinski definition) is 2. The quantitative estimate of drug-likeness (QED) is 0.513. The summed E-state index contributed by atoms with van der Waals surface area (Å²) in [7, 11) is 0. The first kappa shape index (κ1) is 15.3. The van der Waals surface area contributed by atoms with Crippen LogP contribution in [0.15, 0.2) is 0 Å². The zero-order chi connectivity index (χ0) is 14.6. The largest absolute Gasteiger partial charge is 0.543 e. The molecule has 0 aromatic carbocycles. The first-order chi connectivity index (χ1) is 9.47. The van der Waals surface area contributed by atoms with Crippen LogP contribution < -0.4 is 20.8 Å². The van der Waals surface area contributed by atoms with Gasteiger partial charge in [0, 0.05) is 11.1 Å². The standard InChI is InChI=1S/2C6H11N.C2H2O4/c2*1-2-6(3-1)4-5-7-6;3-1(4)2(5)6/h2*7H,1-5H2;(H,3,4)(H,5,6)/p-2. The summed E-state index contributed by atoms with van der Waals surface area (Å²) in [6.07, 6.45) is 11.6. The van der Waals surface area contributed by atoms with E-state index in [0.717, 1.165) is 0 Å². The van der Waals surface area contributed by atoms with Crippen molar-refractivity contribution in [3.05, 3.63) is 0 Å². The number of carbonyl (C=O) groups is 2. The molecule has 0 radical (unpaired) electrons. The van der Waals surface area contributed by atoms with Crippen LogP contribution in [-0.2, 0) is 9.59 Å². The van der Waals surface area contributed by atoms with E-state index in [0.29, 0.717) is 11.1 Å². The average molecular weight is 282 g/mol. The fourth-order valence-electron chi connectivity index (χ4n) is 3.02. The molecule has 4 rings (SSSR count). The molecule has 6 nitrogen and oxygen atoms in total. The van der Waals surface area contributed by atoms with Gasteiger partial charge in [-0.1, -0.05) is 0 Å². The number of carboxylic acid groups (broad SMARTS) is 2. The van der Waals surface area contributed by atoms with Crippen LogP contribution in [0.2, 0.25) is 0 Å². The van der Waals surface area contributed by atoms with Gasteiger partial charge in [0.1, 0.15) is 0 Å². The molecule has 0 bridgehead atoms. The van der Waals surface area contributed by atoms with Crippen LogP contribution in [0.25, 0.3) is 0 Å². The maximum absolute atomic E-state index is 8.93. The zero-order valence-corrected chi connectivity index (χ0v) is 11.7. The van der Waals surface area contributed by atoms with E-state index in [1.165, 1.54) is 64.5 Å². The molecule has 2 aliphatic carbocycles. The van der Waals surface area contributed by atoms with Crippen LogP contribution in [0, 0.1) is 0 Å². The van der Waals surface area contributed by atoms with Crippen molar-refractivity contribution in [3.63, 3.8) is 0 Å². The van der Waals surface area contributed by atoms with Crippen molar-refractivity contribution in [3.8, 4) is 0 Å². The van der Waals surface area contributed by atoms with Crippen LogP contribution in [0.3, 0.4) is 0 Å². The third kappa shape index (κ3) is 3.49. The first-order valence-corrected chi connectivity index (χ1v) is 7.39. The molecule has 0 amide bonds. The van der Waals surface area contributed by atoms with Gasteiger partial charge in [0.05, 0.1) is 11.9 Å². The number of rotatable bonds is 0. The molecule has 0 aromatic rings. The second-order valence-electron chi connectivity index (χ2n) is 6.20. The molecule has 6 heteroatoms. The fourth-order valence-corrected chi connectivity index (χ4v) is 3.02. The highest BCUT2D eigenvalue weighted by Gasteiger charge is 2.41. The first-order valence-electron chi connectivity index (χ1n) is 7.39. The average Bonchev–Trinajstić information content (AvgIpc) is 2.08. The highest BCUT2D eigenvalue weighted by molar-refractivity contribution is 6.25. The third-order valence-electron chi connectivity index (χ3n) is 5.00. The van der Waals surface area contributed by atoms with Gasteiger partial charge in [-0.2, -0.15) is 0 Å². The Morgan fingerprint density at radius 1 is 0.700 bits per heavy atom. The number of carbonyl (C=O) groups excluding carboxylic acids is 2. The highest BCUT2D eigenvalue weighted by atomic mass is 16.4. The van der Waals surface area contributed by atoms with Crippen molar-refractivity contribution >= 4 is 11.9 Å². The number of carboxylic acids is 2. The van der Waals surface area contributed by atoms with E-state index in [4.69, 9.17) is 19.8 Å². The maximum Gasteiger partial charge on any atom is 0.0870 e. The van der Waals surface area contributed by atoms with Crippen molar-refractivity contribution in [1.29, 1.82) is 0 Å². The molecule has 0 aromatic heterocycles. The van der Waals surface area contributed by atoms with Crippen LogP contribution >= 0.6 is 0 Å². The van der Waals surface area contributed by atoms with Gasteiger partial charge in [-0.15, -0.1) is 0 Å². The minimum atomic E-state index is -2.19. The van der Waals surface area contributed by atoms with E-state index in [9.17, 15) is 0 Å². The molecule has 2 saturated carbocycles. The summed E-state index contributed by atoms with van der Waals surface area (Å²) in [6.45, 7) is 2.56. The van der Waals surface area contributed by atoms with Crippen LogP contribution in [0.1, 0.15) is 51.4 Å². The van der Waals surface area contributed by atoms with Gasteiger partial charge < -0.3 is 30.4 Å². The summed E-state index contributed by atoms with van der Waals surface area (Å²) >= 11 is 0. The van der Waals surface area contributed by atoms with Crippen molar-refractivity contribution < 1.29 is 19.8 Å². The van der Waals surface area contributed by atoms with Gasteiger partial charge in [0.25, 0.3) is 0 Å². The Morgan fingerprint density at radius 3 is 1.00 bits per heavy atom. The Bertz CT molecular complexity index is 300. The molecule has 20 heavy (non-hydrogen) atoms. The highest BCUT2D eigenvalue weighted by Crippen LogP contribution is 2.39. The third-order valence-corrected chi connectivity index (χ3v) is 5.00. The lowest BCUT2D eigenvalue weighted by Crippen LogP contribution is -2.61. The minimum absolute atomic E-state index is 0.694. The minimum Gasteiger partial charge on any atom is -0.543 e. The predicted octanol–water partition coefficient (Wildman–Crippen LogP) is -1.71. The number of aliphatic carboxylic acids is 2. The van der Waals surface area contributed by atoms with Gasteiger partial charge >= 0.3 is 0 Å². The van der Waals surface area contributed by atoms with Crippen LogP contribution in [-0.4, -0.2) is 36.1 Å². The predicted molar refractivity (Wildman–Crippen MR) is 68.4 cm³/mol. The van der Waals surface area contributed by atoms with Crippen molar-refractivity contribution in [1.82, 2.24) is 10.6 Å². The second-order valence-corrected chi connectivity index (χ2v) is 6.20. The Hall–Kier alpha value is -1.14. The van der Waals surface area contributed by atoms with Gasteiger partial charge in [0.15, 0.2) is 0 Å². The summed E-state index contributed by atoms with van der Waals surface area (Å²) in [6, 6.07) is 0. The van der Waals surface area contributed by atoms with Gasteiger partial charge in [-0.3, -0.25) is 0 Å². The number of nitrogens with one attached hydrogen (secondary N) is 2. The van der Waals surface area contributed by atoms with Gasteiger partial charge in [-0.25, -0.2) is 0 Å².